The zero-order valence-corrected chi connectivity index (χ0v) is 11.0. The van der Waals surface area contributed by atoms with Crippen LogP contribution in [-0.2, 0) is 9.53 Å². The van der Waals surface area contributed by atoms with Crippen LogP contribution in [-0.4, -0.2) is 18.5 Å². The summed E-state index contributed by atoms with van der Waals surface area (Å²) in [5.41, 5.74) is 3.15. The number of carbonyl (C=O) groups excluding carboxylic acids is 1. The number of hydrogen-bond donors (Lipinski definition) is 0. The van der Waals surface area contributed by atoms with Gasteiger partial charge in [-0.25, -0.2) is 0 Å². The maximum absolute atomic E-state index is 12.1. The summed E-state index contributed by atoms with van der Waals surface area (Å²) in [6.45, 7) is 0.787. The Hall–Kier alpha value is -0.930. The van der Waals surface area contributed by atoms with Crippen LogP contribution in [0.4, 0.5) is 0 Å². The first-order valence-corrected chi connectivity index (χ1v) is 6.69. The van der Waals surface area contributed by atoms with E-state index in [2.05, 4.69) is 15.9 Å². The molecule has 1 aromatic rings. The van der Waals surface area contributed by atoms with E-state index in [4.69, 9.17) is 4.74 Å². The number of Topliss-reactive ketones (excluding diaryl/α,β-unsaturated/α-hetero) is 1. The largest absolute Gasteiger partial charge is 0.373 e. The molecule has 0 saturated carbocycles. The molecule has 1 saturated heterocycles. The first-order chi connectivity index (χ1) is 8.25. The highest BCUT2D eigenvalue weighted by molar-refractivity contribution is 9.10. The van der Waals surface area contributed by atoms with Crippen molar-refractivity contribution in [3.05, 3.63) is 39.9 Å². The van der Waals surface area contributed by atoms with Crippen LogP contribution in [0.1, 0.15) is 24.8 Å². The highest BCUT2D eigenvalue weighted by Crippen LogP contribution is 2.38. The van der Waals surface area contributed by atoms with Crippen LogP contribution in [0.2, 0.25) is 0 Å². The molecule has 0 bridgehead atoms. The Bertz CT molecular complexity index is 487. The van der Waals surface area contributed by atoms with Crippen molar-refractivity contribution in [2.45, 2.75) is 25.4 Å². The molecule has 3 heteroatoms. The molecule has 1 heterocycles. The summed E-state index contributed by atoms with van der Waals surface area (Å²) in [6.07, 6.45) is 2.61. The molecule has 0 N–H and O–H groups in total. The third-order valence-corrected chi connectivity index (χ3v) is 3.93. The number of rotatable bonds is 1. The summed E-state index contributed by atoms with van der Waals surface area (Å²) in [6, 6.07) is 7.96. The lowest BCUT2D eigenvalue weighted by Crippen LogP contribution is -2.19. The number of hydrogen-bond acceptors (Lipinski definition) is 2. The molecule has 0 amide bonds. The molecule has 0 radical (unpaired) electrons. The van der Waals surface area contributed by atoms with Gasteiger partial charge in [-0.1, -0.05) is 28.1 Å². The monoisotopic (exact) mass is 292 g/mol. The molecule has 88 valence electrons. The second-order valence-electron chi connectivity index (χ2n) is 4.50. The lowest BCUT2D eigenvalue weighted by molar-refractivity contribution is -0.114. The first kappa shape index (κ1) is 11.2. The number of halogens is 1. The fraction of sp³-hybridized carbons (Fsp3) is 0.357. The normalized spacial score (nSPS) is 24.1. The van der Waals surface area contributed by atoms with E-state index in [0.717, 1.165) is 35.1 Å². The van der Waals surface area contributed by atoms with Gasteiger partial charge in [0, 0.05) is 23.1 Å². The molecule has 0 aromatic heterocycles. The smallest absolute Gasteiger partial charge is 0.166 e. The van der Waals surface area contributed by atoms with E-state index in [1.807, 2.05) is 24.3 Å². The van der Waals surface area contributed by atoms with Crippen LogP contribution in [0, 0.1) is 0 Å². The summed E-state index contributed by atoms with van der Waals surface area (Å²) in [4.78, 5) is 12.1. The molecule has 1 aromatic carbocycles. The van der Waals surface area contributed by atoms with Crippen LogP contribution in [0.25, 0.3) is 5.57 Å². The van der Waals surface area contributed by atoms with Gasteiger partial charge in [-0.15, -0.1) is 0 Å². The molecule has 1 aliphatic heterocycles. The van der Waals surface area contributed by atoms with Gasteiger partial charge in [-0.2, -0.15) is 0 Å². The molecular formula is C14H13BrO2. The quantitative estimate of drug-likeness (QED) is 0.793. The Morgan fingerprint density at radius 3 is 2.76 bits per heavy atom. The average molecular weight is 293 g/mol. The molecule has 3 rings (SSSR count). The van der Waals surface area contributed by atoms with Gasteiger partial charge in [-0.3, -0.25) is 4.79 Å². The number of ether oxygens (including phenoxy) is 1. The summed E-state index contributed by atoms with van der Waals surface area (Å²) < 4.78 is 6.70. The van der Waals surface area contributed by atoms with E-state index >= 15 is 0 Å². The van der Waals surface area contributed by atoms with Crippen molar-refractivity contribution < 1.29 is 9.53 Å². The lowest BCUT2D eigenvalue weighted by Gasteiger charge is -2.21. The maximum Gasteiger partial charge on any atom is 0.166 e. The second kappa shape index (κ2) is 4.39. The van der Waals surface area contributed by atoms with E-state index in [1.54, 1.807) is 0 Å². The molecule has 1 aliphatic carbocycles. The number of ketones is 1. The van der Waals surface area contributed by atoms with Gasteiger partial charge in [0.15, 0.2) is 5.78 Å². The predicted molar refractivity (Wildman–Crippen MR) is 69.7 cm³/mol. The molecule has 2 nitrogen and oxygen atoms in total. The van der Waals surface area contributed by atoms with Crippen molar-refractivity contribution in [3.8, 4) is 0 Å². The number of benzene rings is 1. The van der Waals surface area contributed by atoms with Crippen LogP contribution in [0.15, 0.2) is 34.3 Å². The van der Waals surface area contributed by atoms with Crippen molar-refractivity contribution in [1.82, 2.24) is 0 Å². The summed E-state index contributed by atoms with van der Waals surface area (Å²) >= 11 is 3.41. The van der Waals surface area contributed by atoms with Crippen molar-refractivity contribution in [2.75, 3.05) is 6.61 Å². The molecule has 1 fully saturated rings. The maximum atomic E-state index is 12.1. The highest BCUT2D eigenvalue weighted by Gasteiger charge is 2.34. The van der Waals surface area contributed by atoms with E-state index in [9.17, 15) is 4.79 Å². The zero-order valence-electron chi connectivity index (χ0n) is 9.41. The van der Waals surface area contributed by atoms with E-state index in [1.165, 1.54) is 5.57 Å². The van der Waals surface area contributed by atoms with Crippen LogP contribution in [0.5, 0.6) is 0 Å². The van der Waals surface area contributed by atoms with Crippen molar-refractivity contribution >= 4 is 27.3 Å². The Morgan fingerprint density at radius 2 is 2.00 bits per heavy atom. The van der Waals surface area contributed by atoms with Crippen LogP contribution in [0.3, 0.4) is 0 Å². The first-order valence-electron chi connectivity index (χ1n) is 5.89. The summed E-state index contributed by atoms with van der Waals surface area (Å²) in [5.74, 6) is 0.231. The molecule has 0 spiro atoms. The van der Waals surface area contributed by atoms with Gasteiger partial charge < -0.3 is 4.74 Å². The Morgan fingerprint density at radius 1 is 1.24 bits per heavy atom. The molecule has 17 heavy (non-hydrogen) atoms. The predicted octanol–water partition coefficient (Wildman–Crippen LogP) is 3.35. The Balaban J connectivity index is 2.05. The van der Waals surface area contributed by atoms with Crippen molar-refractivity contribution in [2.24, 2.45) is 0 Å². The number of fused-ring (bicyclic) bond motifs is 1. The zero-order chi connectivity index (χ0) is 11.8. The van der Waals surface area contributed by atoms with Gasteiger partial charge >= 0.3 is 0 Å². The minimum Gasteiger partial charge on any atom is -0.373 e. The minimum atomic E-state index is 0.0508. The second-order valence-corrected chi connectivity index (χ2v) is 5.41. The van der Waals surface area contributed by atoms with Gasteiger partial charge in [-0.05, 0) is 36.1 Å². The fourth-order valence-corrected chi connectivity index (χ4v) is 2.89. The van der Waals surface area contributed by atoms with Crippen molar-refractivity contribution in [1.29, 1.82) is 0 Å². The lowest BCUT2D eigenvalue weighted by atomic mass is 9.97. The van der Waals surface area contributed by atoms with Crippen molar-refractivity contribution in [3.63, 3.8) is 0 Å². The minimum absolute atomic E-state index is 0.0508. The van der Waals surface area contributed by atoms with Gasteiger partial charge in [0.25, 0.3) is 0 Å². The molecule has 1 unspecified atom stereocenters. The van der Waals surface area contributed by atoms with Crippen LogP contribution < -0.4 is 0 Å². The Kier molecular flexibility index (Phi) is 2.89. The SMILES string of the molecule is O=C1CC2OCCCC2=C1c1ccc(Br)cc1. The summed E-state index contributed by atoms with van der Waals surface area (Å²) in [7, 11) is 0. The number of allylic oxidation sites excluding steroid dienone is 1. The van der Waals surface area contributed by atoms with E-state index in [0.29, 0.717) is 6.42 Å². The van der Waals surface area contributed by atoms with Crippen LogP contribution >= 0.6 is 15.9 Å². The topological polar surface area (TPSA) is 26.3 Å². The Labute approximate surface area is 109 Å². The van der Waals surface area contributed by atoms with Gasteiger partial charge in [0.05, 0.1) is 6.10 Å². The fourth-order valence-electron chi connectivity index (χ4n) is 2.63. The molecule has 1 atom stereocenters. The van der Waals surface area contributed by atoms with E-state index < -0.39 is 0 Å². The van der Waals surface area contributed by atoms with Gasteiger partial charge in [0.2, 0.25) is 0 Å². The third-order valence-electron chi connectivity index (χ3n) is 3.40. The third kappa shape index (κ3) is 1.98. The van der Waals surface area contributed by atoms with E-state index in [-0.39, 0.29) is 11.9 Å². The average Bonchev–Trinajstić information content (AvgIpc) is 2.66. The summed E-state index contributed by atoms with van der Waals surface area (Å²) in [5, 5.41) is 0. The molecular weight excluding hydrogens is 280 g/mol. The standard InChI is InChI=1S/C14H13BrO2/c15-10-5-3-9(4-6-10)14-11-2-1-7-17-13(11)8-12(14)16/h3-6,13H,1-2,7-8H2. The highest BCUT2D eigenvalue weighted by atomic mass is 79.9. The molecule has 2 aliphatic rings. The number of carbonyl (C=O) groups is 1. The van der Waals surface area contributed by atoms with Gasteiger partial charge in [0.1, 0.15) is 0 Å².